The number of quaternary nitrogens is 4. The number of hydrogen-bond donors (Lipinski definition) is 4. The second-order valence-electron chi connectivity index (χ2n) is 0.500. The van der Waals surface area contributed by atoms with Gasteiger partial charge in [-0.25, -0.2) is 0 Å². The third-order valence-electron chi connectivity index (χ3n) is 0. The van der Waals surface area contributed by atoms with E-state index in [-0.39, 0.29) is 24.6 Å². The van der Waals surface area contributed by atoms with Crippen LogP contribution >= 0.6 is 0 Å². The molecule has 0 unspecified atom stereocenters. The van der Waals surface area contributed by atoms with Gasteiger partial charge in [0, 0.05) is 0 Å². The molecule has 16 N–H and O–H groups in total. The lowest BCUT2D eigenvalue weighted by molar-refractivity contribution is -0.233. The summed E-state index contributed by atoms with van der Waals surface area (Å²) in [4.78, 5) is 17.4. The molecule has 0 spiro atoms. The van der Waals surface area contributed by atoms with Crippen LogP contribution in [0.2, 0.25) is 0 Å². The highest BCUT2D eigenvalue weighted by Gasteiger charge is 1.24. The molecule has 0 aromatic rings. The molecular weight excluding hydrogens is 208 g/mol. The molecular formula is C2H16N4O4S2. The Labute approximate surface area is 80.9 Å². The SMILES string of the molecule is O=C([O-])[S-].O=C([O-])[S-].[NH4+].[NH4+].[NH4+].[NH4+]. The maximum atomic E-state index is 8.70. The molecule has 0 aliphatic heterocycles. The summed E-state index contributed by atoms with van der Waals surface area (Å²) in [6, 6.07) is 0. The molecule has 8 nitrogen and oxygen atoms in total. The van der Waals surface area contributed by atoms with Crippen molar-refractivity contribution in [3.63, 3.8) is 0 Å². The molecule has 12 heavy (non-hydrogen) atoms. The van der Waals surface area contributed by atoms with Gasteiger partial charge < -0.3 is 69.7 Å². The van der Waals surface area contributed by atoms with Crippen molar-refractivity contribution in [2.75, 3.05) is 0 Å². The Morgan fingerprint density at radius 2 is 0.750 bits per heavy atom. The Bertz CT molecular complexity index is 81.1. The van der Waals surface area contributed by atoms with Crippen LogP contribution in [0.25, 0.3) is 0 Å². The highest BCUT2D eigenvalue weighted by atomic mass is 32.1. The Hall–Kier alpha value is -0.780. The number of carbonyl (C=O) groups excluding carboxylic acids is 2. The Morgan fingerprint density at radius 1 is 0.750 bits per heavy atom. The topological polar surface area (TPSA) is 226 Å². The van der Waals surface area contributed by atoms with Gasteiger partial charge in [-0.3, -0.25) is 0 Å². The van der Waals surface area contributed by atoms with Crippen LogP contribution < -0.4 is 34.8 Å². The lowest BCUT2D eigenvalue weighted by atomic mass is 11.6. The summed E-state index contributed by atoms with van der Waals surface area (Å²) in [7, 11) is 0. The van der Waals surface area contributed by atoms with Crippen LogP contribution in [0.4, 0.5) is 9.59 Å². The molecule has 0 aliphatic rings. The van der Waals surface area contributed by atoms with Gasteiger partial charge in [-0.15, -0.1) is 0 Å². The second kappa shape index (κ2) is 31.9. The summed E-state index contributed by atoms with van der Waals surface area (Å²) in [6.45, 7) is 0. The summed E-state index contributed by atoms with van der Waals surface area (Å²) in [5.41, 5.74) is 0. The predicted molar refractivity (Wildman–Crippen MR) is 49.5 cm³/mol. The van der Waals surface area contributed by atoms with Crippen molar-refractivity contribution in [1.29, 1.82) is 0 Å². The maximum absolute atomic E-state index is 8.70. The molecule has 0 amide bonds. The molecule has 0 aromatic heterocycles. The highest BCUT2D eigenvalue weighted by Crippen LogP contribution is 1.38. The van der Waals surface area contributed by atoms with E-state index >= 15 is 0 Å². The molecule has 0 saturated carbocycles. The maximum Gasteiger partial charge on any atom is -0.0848 e. The van der Waals surface area contributed by atoms with Gasteiger partial charge in [0.15, 0.2) is 0 Å². The molecule has 0 radical (unpaired) electrons. The van der Waals surface area contributed by atoms with Gasteiger partial charge in [0.25, 0.3) is 0 Å². The average Bonchev–Trinajstić information content (AvgIpc) is 1.25. The van der Waals surface area contributed by atoms with Gasteiger partial charge >= 0.3 is 0 Å². The van der Waals surface area contributed by atoms with Crippen LogP contribution in [0.1, 0.15) is 0 Å². The molecule has 10 heteroatoms. The standard InChI is InChI=1S/2CH2O2S.4H3N/c2*2-1(3)4;;;;/h2*4H,(H,2,3);4*1H3. The van der Waals surface area contributed by atoms with Crippen molar-refractivity contribution >= 4 is 35.9 Å². The van der Waals surface area contributed by atoms with E-state index in [1.54, 1.807) is 0 Å². The Morgan fingerprint density at radius 3 is 0.750 bits per heavy atom. The zero-order chi connectivity index (χ0) is 7.15. The fourth-order valence-electron chi connectivity index (χ4n) is 0. The fourth-order valence-corrected chi connectivity index (χ4v) is 0. The molecule has 80 valence electrons. The number of hydrogen-bond acceptors (Lipinski definition) is 6. The van der Waals surface area contributed by atoms with Crippen molar-refractivity contribution in [3.05, 3.63) is 0 Å². The first-order chi connectivity index (χ1) is 3.46. The minimum absolute atomic E-state index is 0. The first-order valence-electron chi connectivity index (χ1n) is 1.22. The van der Waals surface area contributed by atoms with Crippen LogP contribution in [0, 0.1) is 0 Å². The van der Waals surface area contributed by atoms with Gasteiger partial charge in [0.05, 0.1) is 0 Å². The van der Waals surface area contributed by atoms with Crippen molar-refractivity contribution in [3.8, 4) is 0 Å². The van der Waals surface area contributed by atoms with Gasteiger partial charge in [-0.2, -0.15) is 0 Å². The molecule has 0 fully saturated rings. The van der Waals surface area contributed by atoms with E-state index in [4.69, 9.17) is 19.8 Å². The minimum atomic E-state index is -1.50. The zero-order valence-corrected chi connectivity index (χ0v) is 9.08. The number of rotatable bonds is 0. The number of carboxylic acid groups (broad SMARTS) is 2. The Kier molecular flexibility index (Phi) is 114. The summed E-state index contributed by atoms with van der Waals surface area (Å²) >= 11 is 6.85. The quantitative estimate of drug-likeness (QED) is 0.386. The molecule has 0 heterocycles. The predicted octanol–water partition coefficient (Wildman–Crippen LogP) is -0.742. The normalized spacial score (nSPS) is 4.00. The highest BCUT2D eigenvalue weighted by molar-refractivity contribution is 7.76. The summed E-state index contributed by atoms with van der Waals surface area (Å²) in [5.74, 6) is 0. The van der Waals surface area contributed by atoms with Crippen LogP contribution in [0.15, 0.2) is 0 Å². The molecule has 0 saturated heterocycles. The van der Waals surface area contributed by atoms with E-state index in [1.165, 1.54) is 0 Å². The second-order valence-corrected chi connectivity index (χ2v) is 1.17. The molecule has 0 aromatic carbocycles. The van der Waals surface area contributed by atoms with Crippen molar-refractivity contribution in [2.24, 2.45) is 0 Å². The van der Waals surface area contributed by atoms with E-state index in [1.807, 2.05) is 0 Å². The monoisotopic (exact) mass is 224 g/mol. The molecule has 0 bridgehead atoms. The van der Waals surface area contributed by atoms with Crippen LogP contribution in [0.5, 0.6) is 0 Å². The first kappa shape index (κ1) is 43.0. The van der Waals surface area contributed by atoms with Crippen molar-refractivity contribution < 1.29 is 19.8 Å². The first-order valence-corrected chi connectivity index (χ1v) is 2.04. The largest absolute Gasteiger partial charge is 0.764 e. The lowest BCUT2D eigenvalue weighted by Gasteiger charge is -1.98. The molecule has 0 rings (SSSR count). The van der Waals surface area contributed by atoms with E-state index in [0.29, 0.717) is 0 Å². The fraction of sp³-hybridized carbons (Fsp3) is 0. The van der Waals surface area contributed by atoms with Crippen LogP contribution in [0.3, 0.4) is 0 Å². The van der Waals surface area contributed by atoms with Gasteiger partial charge in [0.1, 0.15) is 0 Å². The number of carbonyl (C=O) groups is 2. The van der Waals surface area contributed by atoms with E-state index < -0.39 is 10.6 Å². The van der Waals surface area contributed by atoms with Crippen LogP contribution in [-0.2, 0) is 25.3 Å². The third kappa shape index (κ3) is 1020. The van der Waals surface area contributed by atoms with Crippen molar-refractivity contribution in [2.45, 2.75) is 0 Å². The van der Waals surface area contributed by atoms with Crippen LogP contribution in [-0.4, -0.2) is 10.6 Å². The minimum Gasteiger partial charge on any atom is -0.764 e. The lowest BCUT2D eigenvalue weighted by Crippen LogP contribution is -2.15. The third-order valence-corrected chi connectivity index (χ3v) is 0. The van der Waals surface area contributed by atoms with E-state index in [9.17, 15) is 0 Å². The molecule has 0 atom stereocenters. The van der Waals surface area contributed by atoms with Crippen molar-refractivity contribution in [1.82, 2.24) is 24.6 Å². The van der Waals surface area contributed by atoms with E-state index in [0.717, 1.165) is 0 Å². The van der Waals surface area contributed by atoms with Gasteiger partial charge in [-0.1, -0.05) is 10.6 Å². The average molecular weight is 224 g/mol. The summed E-state index contributed by atoms with van der Waals surface area (Å²) < 4.78 is 0. The van der Waals surface area contributed by atoms with E-state index in [2.05, 4.69) is 25.3 Å². The smallest absolute Gasteiger partial charge is 0.0848 e. The molecule has 0 aliphatic carbocycles. The van der Waals surface area contributed by atoms with Gasteiger partial charge in [0.2, 0.25) is 0 Å². The summed E-state index contributed by atoms with van der Waals surface area (Å²) in [6.07, 6.45) is 0. The Balaban J connectivity index is -0.0000000112. The van der Waals surface area contributed by atoms with Gasteiger partial charge in [-0.05, 0) is 0 Å². The summed E-state index contributed by atoms with van der Waals surface area (Å²) in [5, 5.41) is 14.4. The zero-order valence-electron chi connectivity index (χ0n) is 7.45.